The van der Waals surface area contributed by atoms with Crippen LogP contribution in [0.1, 0.15) is 25.4 Å². The Hall–Kier alpha value is -1.68. The maximum Gasteiger partial charge on any atom is 0.230 e. The van der Waals surface area contributed by atoms with Crippen LogP contribution in [0.4, 0.5) is 0 Å². The molecule has 0 N–H and O–H groups in total. The summed E-state index contributed by atoms with van der Waals surface area (Å²) in [4.78, 5) is 14.3. The van der Waals surface area contributed by atoms with Crippen molar-refractivity contribution in [3.05, 3.63) is 48.3 Å². The minimum absolute atomic E-state index is 0.0275. The number of amides is 1. The zero-order chi connectivity index (χ0) is 14.6. The number of hydrogen-bond donors (Lipinski definition) is 0. The van der Waals surface area contributed by atoms with Gasteiger partial charge >= 0.3 is 0 Å². The predicted octanol–water partition coefficient (Wildman–Crippen LogP) is 3.67. The molecule has 108 valence electrons. The third-order valence-electron chi connectivity index (χ3n) is 3.05. The summed E-state index contributed by atoms with van der Waals surface area (Å²) >= 11 is 5.90. The van der Waals surface area contributed by atoms with E-state index < -0.39 is 5.41 Å². The van der Waals surface area contributed by atoms with E-state index in [0.717, 1.165) is 11.5 Å². The first-order valence-corrected chi connectivity index (χ1v) is 6.96. The van der Waals surface area contributed by atoms with Crippen LogP contribution in [0.25, 0.3) is 0 Å². The van der Waals surface area contributed by atoms with Crippen LogP contribution in [0.3, 0.4) is 0 Å². The molecule has 0 atom stereocenters. The van der Waals surface area contributed by atoms with Crippen molar-refractivity contribution < 1.29 is 13.6 Å². The van der Waals surface area contributed by atoms with Crippen LogP contribution in [-0.4, -0.2) is 16.7 Å². The molecule has 0 aromatic carbocycles. The molecule has 4 nitrogen and oxygen atoms in total. The Kier molecular flexibility index (Phi) is 4.55. The summed E-state index contributed by atoms with van der Waals surface area (Å²) in [5.41, 5.74) is -0.624. The van der Waals surface area contributed by atoms with Gasteiger partial charge in [0.1, 0.15) is 11.5 Å². The molecule has 0 saturated heterocycles. The van der Waals surface area contributed by atoms with Crippen molar-refractivity contribution in [1.82, 2.24) is 4.90 Å². The molecule has 0 unspecified atom stereocenters. The van der Waals surface area contributed by atoms with E-state index in [0.29, 0.717) is 13.1 Å². The molecule has 1 amide bonds. The molecule has 0 saturated carbocycles. The lowest BCUT2D eigenvalue weighted by molar-refractivity contribution is -0.141. The molecule has 2 aromatic heterocycles. The highest BCUT2D eigenvalue weighted by Gasteiger charge is 2.32. The summed E-state index contributed by atoms with van der Waals surface area (Å²) in [6.45, 7) is 4.46. The van der Waals surface area contributed by atoms with Crippen molar-refractivity contribution in [3.8, 4) is 0 Å². The van der Waals surface area contributed by atoms with E-state index in [9.17, 15) is 4.79 Å². The second-order valence-electron chi connectivity index (χ2n) is 5.34. The van der Waals surface area contributed by atoms with Crippen LogP contribution in [0.15, 0.2) is 45.6 Å². The number of rotatable bonds is 6. The largest absolute Gasteiger partial charge is 0.467 e. The van der Waals surface area contributed by atoms with Gasteiger partial charge < -0.3 is 13.7 Å². The first-order valence-electron chi connectivity index (χ1n) is 6.43. The average Bonchev–Trinajstić information content (AvgIpc) is 3.10. The molecule has 0 aliphatic carbocycles. The quantitative estimate of drug-likeness (QED) is 0.764. The summed E-state index contributed by atoms with van der Waals surface area (Å²) in [6.07, 6.45) is 3.19. The fraction of sp³-hybridized carbons (Fsp3) is 0.400. The van der Waals surface area contributed by atoms with Crippen LogP contribution < -0.4 is 0 Å². The summed E-state index contributed by atoms with van der Waals surface area (Å²) in [6, 6.07) is 7.29. The van der Waals surface area contributed by atoms with Gasteiger partial charge in [0.15, 0.2) is 0 Å². The van der Waals surface area contributed by atoms with Crippen molar-refractivity contribution >= 4 is 17.5 Å². The van der Waals surface area contributed by atoms with Crippen molar-refractivity contribution in [2.75, 3.05) is 5.88 Å². The molecule has 0 bridgehead atoms. The minimum Gasteiger partial charge on any atom is -0.467 e. The van der Waals surface area contributed by atoms with E-state index in [1.54, 1.807) is 29.6 Å². The SMILES string of the molecule is CC(C)(CCl)C(=O)N(Cc1ccco1)Cc1ccco1. The first-order chi connectivity index (χ1) is 9.53. The van der Waals surface area contributed by atoms with Gasteiger partial charge in [-0.15, -0.1) is 11.6 Å². The fourth-order valence-electron chi connectivity index (χ4n) is 1.87. The van der Waals surface area contributed by atoms with Crippen LogP contribution in [0, 0.1) is 5.41 Å². The van der Waals surface area contributed by atoms with Gasteiger partial charge in [-0.2, -0.15) is 0 Å². The molecule has 2 aromatic rings. The normalized spacial score (nSPS) is 11.6. The van der Waals surface area contributed by atoms with Crippen molar-refractivity contribution in [3.63, 3.8) is 0 Å². The summed E-state index contributed by atoms with van der Waals surface area (Å²) in [5, 5.41) is 0. The minimum atomic E-state index is -0.624. The zero-order valence-corrected chi connectivity index (χ0v) is 12.4. The summed E-state index contributed by atoms with van der Waals surface area (Å²) < 4.78 is 10.6. The monoisotopic (exact) mass is 295 g/mol. The number of carbonyl (C=O) groups excluding carboxylic acids is 1. The van der Waals surface area contributed by atoms with Crippen LogP contribution >= 0.6 is 11.6 Å². The Morgan fingerprint density at radius 2 is 1.65 bits per heavy atom. The Balaban J connectivity index is 2.17. The van der Waals surface area contributed by atoms with Crippen LogP contribution in [0.5, 0.6) is 0 Å². The highest BCUT2D eigenvalue weighted by atomic mass is 35.5. The molecular weight excluding hydrogens is 278 g/mol. The van der Waals surface area contributed by atoms with E-state index in [-0.39, 0.29) is 11.8 Å². The van der Waals surface area contributed by atoms with E-state index in [2.05, 4.69) is 0 Å². The lowest BCUT2D eigenvalue weighted by Crippen LogP contribution is -2.41. The number of hydrogen-bond acceptors (Lipinski definition) is 3. The molecule has 0 fully saturated rings. The highest BCUT2D eigenvalue weighted by Crippen LogP contribution is 2.23. The van der Waals surface area contributed by atoms with Gasteiger partial charge in [0.2, 0.25) is 5.91 Å². The fourth-order valence-corrected chi connectivity index (χ4v) is 1.98. The smallest absolute Gasteiger partial charge is 0.230 e. The topological polar surface area (TPSA) is 46.6 Å². The Bertz CT molecular complexity index is 495. The number of furan rings is 2. The van der Waals surface area contributed by atoms with E-state index in [1.807, 2.05) is 26.0 Å². The van der Waals surface area contributed by atoms with E-state index in [1.165, 1.54) is 0 Å². The molecule has 0 spiro atoms. The average molecular weight is 296 g/mol. The number of alkyl halides is 1. The third kappa shape index (κ3) is 3.45. The highest BCUT2D eigenvalue weighted by molar-refractivity contribution is 6.19. The number of carbonyl (C=O) groups is 1. The Morgan fingerprint density at radius 1 is 1.15 bits per heavy atom. The van der Waals surface area contributed by atoms with Crippen LogP contribution in [0.2, 0.25) is 0 Å². The second-order valence-corrected chi connectivity index (χ2v) is 5.60. The van der Waals surface area contributed by atoms with Gasteiger partial charge in [0.25, 0.3) is 0 Å². The molecule has 0 aliphatic rings. The van der Waals surface area contributed by atoms with Gasteiger partial charge in [0, 0.05) is 5.88 Å². The van der Waals surface area contributed by atoms with Gasteiger partial charge in [0.05, 0.1) is 31.0 Å². The van der Waals surface area contributed by atoms with Crippen molar-refractivity contribution in [1.29, 1.82) is 0 Å². The Labute approximate surface area is 123 Å². The van der Waals surface area contributed by atoms with Gasteiger partial charge in [-0.25, -0.2) is 0 Å². The molecule has 0 radical (unpaired) electrons. The van der Waals surface area contributed by atoms with Gasteiger partial charge in [-0.1, -0.05) is 0 Å². The molecular formula is C15H18ClNO3. The molecule has 5 heteroatoms. The Morgan fingerprint density at radius 3 is 2.00 bits per heavy atom. The van der Waals surface area contributed by atoms with Gasteiger partial charge in [-0.05, 0) is 38.1 Å². The van der Waals surface area contributed by atoms with E-state index in [4.69, 9.17) is 20.4 Å². The maximum absolute atomic E-state index is 12.6. The third-order valence-corrected chi connectivity index (χ3v) is 3.72. The van der Waals surface area contributed by atoms with Crippen molar-refractivity contribution in [2.24, 2.45) is 5.41 Å². The maximum atomic E-state index is 12.6. The first kappa shape index (κ1) is 14.7. The number of halogens is 1. The zero-order valence-electron chi connectivity index (χ0n) is 11.6. The molecule has 0 aliphatic heterocycles. The molecule has 2 rings (SSSR count). The van der Waals surface area contributed by atoms with Gasteiger partial charge in [-0.3, -0.25) is 4.79 Å². The predicted molar refractivity (Wildman–Crippen MR) is 76.2 cm³/mol. The standard InChI is InChI=1S/C15H18ClNO3/c1-15(2,11-16)14(18)17(9-12-5-3-7-19-12)10-13-6-4-8-20-13/h3-8H,9-11H2,1-2H3. The molecule has 20 heavy (non-hydrogen) atoms. The molecule has 2 heterocycles. The van der Waals surface area contributed by atoms with Crippen LogP contribution in [-0.2, 0) is 17.9 Å². The number of nitrogens with zero attached hydrogens (tertiary/aromatic N) is 1. The lowest BCUT2D eigenvalue weighted by atomic mass is 9.94. The second kappa shape index (κ2) is 6.18. The summed E-state index contributed by atoms with van der Waals surface area (Å²) in [7, 11) is 0. The summed E-state index contributed by atoms with van der Waals surface area (Å²) in [5.74, 6) is 1.70. The van der Waals surface area contributed by atoms with Crippen molar-refractivity contribution in [2.45, 2.75) is 26.9 Å². The van der Waals surface area contributed by atoms with E-state index >= 15 is 0 Å². The lowest BCUT2D eigenvalue weighted by Gasteiger charge is -2.29.